The number of thiocarbonyl (C=S) groups is 1. The number of pyridine rings is 1. The minimum Gasteiger partial charge on any atom is -0.375 e. The molecule has 1 amide bonds. The predicted molar refractivity (Wildman–Crippen MR) is 130 cm³/mol. The van der Waals surface area contributed by atoms with Crippen molar-refractivity contribution in [3.8, 4) is 0 Å². The molecular weight excluding hydrogens is 422 g/mol. The van der Waals surface area contributed by atoms with E-state index < -0.39 is 0 Å². The lowest BCUT2D eigenvalue weighted by Gasteiger charge is -2.28. The fourth-order valence-electron chi connectivity index (χ4n) is 4.17. The lowest BCUT2D eigenvalue weighted by Crippen LogP contribution is -2.29. The number of ether oxygens (including phenoxy) is 1. The van der Waals surface area contributed by atoms with Crippen LogP contribution < -0.4 is 15.5 Å². The lowest BCUT2D eigenvalue weighted by molar-refractivity contribution is -0.119. The molecule has 3 heterocycles. The van der Waals surface area contributed by atoms with Crippen molar-refractivity contribution >= 4 is 34.6 Å². The molecule has 3 aromatic rings. The third kappa shape index (κ3) is 4.11. The molecule has 0 saturated carbocycles. The van der Waals surface area contributed by atoms with E-state index in [0.717, 1.165) is 11.4 Å². The highest BCUT2D eigenvalue weighted by Gasteiger charge is 2.42. The van der Waals surface area contributed by atoms with Crippen LogP contribution in [0.1, 0.15) is 34.7 Å². The molecule has 0 radical (unpaired) electrons. The monoisotopic (exact) mass is 449 g/mol. The molecule has 7 nitrogen and oxygen atoms in total. The summed E-state index contributed by atoms with van der Waals surface area (Å²) >= 11 is 5.79. The Morgan fingerprint density at radius 2 is 1.97 bits per heavy atom. The fraction of sp³-hybridized carbons (Fsp3) is 0.292. The largest absolute Gasteiger partial charge is 0.375 e. The smallest absolute Gasteiger partial charge is 0.250 e. The summed E-state index contributed by atoms with van der Waals surface area (Å²) in [6.07, 6.45) is 1.81. The molecule has 32 heavy (non-hydrogen) atoms. The summed E-state index contributed by atoms with van der Waals surface area (Å²) in [5, 5.41) is 6.95. The molecule has 1 aliphatic heterocycles. The Kier molecular flexibility index (Phi) is 6.25. The average Bonchev–Trinajstić information content (AvgIpc) is 3.26. The first-order valence-electron chi connectivity index (χ1n) is 10.4. The number of hydrogen-bond acceptors (Lipinski definition) is 4. The van der Waals surface area contributed by atoms with Gasteiger partial charge < -0.3 is 24.8 Å². The van der Waals surface area contributed by atoms with Gasteiger partial charge in [0.2, 0.25) is 5.91 Å². The minimum absolute atomic E-state index is 0.0162. The number of benzene rings is 1. The van der Waals surface area contributed by atoms with Gasteiger partial charge in [0, 0.05) is 43.1 Å². The van der Waals surface area contributed by atoms with Crippen LogP contribution in [0.4, 0.5) is 11.4 Å². The molecule has 1 saturated heterocycles. The van der Waals surface area contributed by atoms with Gasteiger partial charge in [-0.3, -0.25) is 9.78 Å². The fourth-order valence-corrected chi connectivity index (χ4v) is 4.51. The van der Waals surface area contributed by atoms with Crippen molar-refractivity contribution in [3.05, 3.63) is 77.4 Å². The summed E-state index contributed by atoms with van der Waals surface area (Å²) in [5.41, 5.74) is 6.16. The SMILES string of the molecule is COCC(=O)Nc1ccc(N2C(=S)N[C@@H](c3ccccn3)[C@@H]2c2cc(C)n(C)c2C)cc1. The van der Waals surface area contributed by atoms with Gasteiger partial charge in [0.05, 0.1) is 17.8 Å². The summed E-state index contributed by atoms with van der Waals surface area (Å²) in [4.78, 5) is 18.6. The number of methoxy groups -OCH3 is 1. The second-order valence-corrected chi connectivity index (χ2v) is 8.30. The molecule has 0 unspecified atom stereocenters. The lowest BCUT2D eigenvalue weighted by atomic mass is 9.96. The Labute approximate surface area is 193 Å². The van der Waals surface area contributed by atoms with E-state index in [2.05, 4.69) is 52.0 Å². The van der Waals surface area contributed by atoms with Gasteiger partial charge in [-0.15, -0.1) is 0 Å². The van der Waals surface area contributed by atoms with Crippen LogP contribution in [-0.2, 0) is 16.6 Å². The van der Waals surface area contributed by atoms with Crippen molar-refractivity contribution < 1.29 is 9.53 Å². The maximum atomic E-state index is 11.8. The van der Waals surface area contributed by atoms with Gasteiger partial charge in [0.1, 0.15) is 6.61 Å². The second kappa shape index (κ2) is 9.10. The molecule has 2 aromatic heterocycles. The number of rotatable bonds is 6. The molecule has 166 valence electrons. The zero-order valence-corrected chi connectivity index (χ0v) is 19.4. The van der Waals surface area contributed by atoms with E-state index in [1.54, 1.807) is 6.20 Å². The second-order valence-electron chi connectivity index (χ2n) is 7.91. The van der Waals surface area contributed by atoms with Crippen molar-refractivity contribution in [2.45, 2.75) is 25.9 Å². The van der Waals surface area contributed by atoms with Gasteiger partial charge in [-0.05, 0) is 74.1 Å². The highest BCUT2D eigenvalue weighted by Crippen LogP contribution is 2.43. The quantitative estimate of drug-likeness (QED) is 0.558. The number of carbonyl (C=O) groups is 1. The van der Waals surface area contributed by atoms with Crippen LogP contribution in [-0.4, -0.2) is 34.3 Å². The van der Waals surface area contributed by atoms with Gasteiger partial charge in [-0.25, -0.2) is 0 Å². The van der Waals surface area contributed by atoms with Gasteiger partial charge in [0.15, 0.2) is 5.11 Å². The van der Waals surface area contributed by atoms with Crippen LogP contribution in [0.15, 0.2) is 54.7 Å². The summed E-state index contributed by atoms with van der Waals surface area (Å²) in [5.74, 6) is -0.193. The molecule has 0 spiro atoms. The van der Waals surface area contributed by atoms with Gasteiger partial charge in [-0.1, -0.05) is 6.07 Å². The molecule has 1 aromatic carbocycles. The predicted octanol–water partition coefficient (Wildman–Crippen LogP) is 3.80. The molecule has 0 aliphatic carbocycles. The van der Waals surface area contributed by atoms with Crippen LogP contribution in [0.2, 0.25) is 0 Å². The van der Waals surface area contributed by atoms with E-state index in [1.165, 1.54) is 24.1 Å². The number of carbonyl (C=O) groups excluding carboxylic acids is 1. The summed E-state index contributed by atoms with van der Waals surface area (Å²) in [7, 11) is 3.57. The molecule has 0 bridgehead atoms. The van der Waals surface area contributed by atoms with E-state index in [4.69, 9.17) is 17.0 Å². The third-order valence-corrected chi connectivity index (χ3v) is 6.25. The average molecular weight is 450 g/mol. The van der Waals surface area contributed by atoms with Crippen LogP contribution in [0, 0.1) is 13.8 Å². The molecule has 2 atom stereocenters. The number of aryl methyl sites for hydroxylation is 1. The first-order valence-corrected chi connectivity index (χ1v) is 10.8. The van der Waals surface area contributed by atoms with E-state index in [1.807, 2.05) is 42.5 Å². The first-order chi connectivity index (χ1) is 15.4. The Balaban J connectivity index is 1.73. The van der Waals surface area contributed by atoms with Gasteiger partial charge in [-0.2, -0.15) is 0 Å². The van der Waals surface area contributed by atoms with Crippen molar-refractivity contribution in [3.63, 3.8) is 0 Å². The van der Waals surface area contributed by atoms with Crippen molar-refractivity contribution in [1.29, 1.82) is 0 Å². The topological polar surface area (TPSA) is 71.4 Å². The molecule has 1 aliphatic rings. The van der Waals surface area contributed by atoms with E-state index in [-0.39, 0.29) is 24.6 Å². The van der Waals surface area contributed by atoms with Crippen LogP contribution in [0.25, 0.3) is 0 Å². The number of aromatic nitrogens is 2. The Bertz CT molecular complexity index is 1130. The van der Waals surface area contributed by atoms with Crippen molar-refractivity contribution in [1.82, 2.24) is 14.9 Å². The number of amides is 1. The van der Waals surface area contributed by atoms with Crippen molar-refractivity contribution in [2.75, 3.05) is 23.9 Å². The highest BCUT2D eigenvalue weighted by atomic mass is 32.1. The van der Waals surface area contributed by atoms with E-state index in [9.17, 15) is 4.79 Å². The molecule has 1 fully saturated rings. The van der Waals surface area contributed by atoms with E-state index >= 15 is 0 Å². The highest BCUT2D eigenvalue weighted by molar-refractivity contribution is 7.80. The summed E-state index contributed by atoms with van der Waals surface area (Å²) in [6.45, 7) is 4.25. The molecular formula is C24H27N5O2S. The Hall–Kier alpha value is -3.23. The summed E-state index contributed by atoms with van der Waals surface area (Å²) in [6, 6.07) is 15.7. The maximum absolute atomic E-state index is 11.8. The zero-order valence-electron chi connectivity index (χ0n) is 18.6. The normalized spacial score (nSPS) is 18.0. The Morgan fingerprint density at radius 3 is 2.56 bits per heavy atom. The van der Waals surface area contributed by atoms with E-state index in [0.29, 0.717) is 10.8 Å². The number of anilines is 2. The number of nitrogens with one attached hydrogen (secondary N) is 2. The number of nitrogens with zero attached hydrogens (tertiary/aromatic N) is 3. The maximum Gasteiger partial charge on any atom is 0.250 e. The first kappa shape index (κ1) is 22.0. The zero-order chi connectivity index (χ0) is 22.8. The van der Waals surface area contributed by atoms with Gasteiger partial charge in [0.25, 0.3) is 0 Å². The Morgan fingerprint density at radius 1 is 1.22 bits per heavy atom. The van der Waals surface area contributed by atoms with Crippen molar-refractivity contribution in [2.24, 2.45) is 7.05 Å². The van der Waals surface area contributed by atoms with Gasteiger partial charge >= 0.3 is 0 Å². The minimum atomic E-state index is -0.193. The molecule has 8 heteroatoms. The molecule has 2 N–H and O–H groups in total. The standard InChI is InChI=1S/C24H27N5O2S/c1-15-13-19(16(2)28(15)3)23-22(20-7-5-6-12-25-20)27-24(32)29(23)18-10-8-17(9-11-18)26-21(30)14-31-4/h5-13,22-23H,14H2,1-4H3,(H,26,30)(H,27,32)/t22-,23-/m0/s1. The number of hydrogen-bond donors (Lipinski definition) is 2. The van der Waals surface area contributed by atoms with Crippen LogP contribution >= 0.6 is 12.2 Å². The van der Waals surface area contributed by atoms with Crippen LogP contribution in [0.3, 0.4) is 0 Å². The van der Waals surface area contributed by atoms with Crippen LogP contribution in [0.5, 0.6) is 0 Å². The molecule has 4 rings (SSSR count). The third-order valence-electron chi connectivity index (χ3n) is 5.94. The summed E-state index contributed by atoms with van der Waals surface area (Å²) < 4.78 is 7.07.